The van der Waals surface area contributed by atoms with E-state index in [-0.39, 0.29) is 23.6 Å². The largest absolute Gasteiger partial charge is 0.483 e. The number of furan rings is 1. The van der Waals surface area contributed by atoms with Gasteiger partial charge in [0.25, 0.3) is 5.91 Å². The van der Waals surface area contributed by atoms with Crippen LogP contribution in [0.1, 0.15) is 23.0 Å². The molecule has 0 aliphatic heterocycles. The van der Waals surface area contributed by atoms with Gasteiger partial charge in [0.15, 0.2) is 12.4 Å². The lowest BCUT2D eigenvalue weighted by Crippen LogP contribution is -2.41. The van der Waals surface area contributed by atoms with E-state index in [1.54, 1.807) is 12.1 Å². The molecule has 1 heterocycles. The van der Waals surface area contributed by atoms with Crippen molar-refractivity contribution in [3.05, 3.63) is 52.9 Å². The van der Waals surface area contributed by atoms with E-state index < -0.39 is 18.5 Å². The molecule has 3 amide bonds. The molecule has 0 spiro atoms. The maximum Gasteiger partial charge on any atom is 0.321 e. The summed E-state index contributed by atoms with van der Waals surface area (Å²) in [4.78, 5) is 34.8. The first kappa shape index (κ1) is 17.6. The Hall–Kier alpha value is -2.80. The second-order valence-electron chi connectivity index (χ2n) is 4.80. The minimum atomic E-state index is -0.678. The number of ketones is 1. The molecule has 0 radical (unpaired) electrons. The lowest BCUT2D eigenvalue weighted by Gasteiger charge is -2.10. The molecule has 0 saturated carbocycles. The smallest absolute Gasteiger partial charge is 0.321 e. The average Bonchev–Trinajstić information content (AvgIpc) is 3.05. The number of imide groups is 1. The topological polar surface area (TPSA) is 97.6 Å². The van der Waals surface area contributed by atoms with Gasteiger partial charge >= 0.3 is 6.03 Å². The number of carbonyl (C=O) groups is 3. The van der Waals surface area contributed by atoms with Gasteiger partial charge in [0.1, 0.15) is 11.5 Å². The maximum atomic E-state index is 11.7. The van der Waals surface area contributed by atoms with Crippen LogP contribution in [0, 0.1) is 0 Å². The van der Waals surface area contributed by atoms with Gasteiger partial charge in [0, 0.05) is 5.02 Å². The molecule has 126 valence electrons. The summed E-state index contributed by atoms with van der Waals surface area (Å²) in [5, 5.41) is 4.95. The van der Waals surface area contributed by atoms with Crippen molar-refractivity contribution in [3.8, 4) is 5.75 Å². The number of Topliss-reactive ketones (excluding diaryl/α,β-unsaturated/α-hetero) is 1. The standard InChI is InChI=1S/C16H15ClN2O5/c1-10(20)13-7-11(17)4-5-14(13)24-9-15(21)19-16(22)18-8-12-3-2-6-23-12/h2-7H,8-9H2,1H3,(H2,18,19,21,22). The molecule has 0 aliphatic rings. The third kappa shape index (κ3) is 5.13. The molecule has 7 nitrogen and oxygen atoms in total. The minimum Gasteiger partial charge on any atom is -0.483 e. The number of hydrogen-bond donors (Lipinski definition) is 2. The van der Waals surface area contributed by atoms with Crippen LogP contribution in [-0.2, 0) is 11.3 Å². The van der Waals surface area contributed by atoms with E-state index in [4.69, 9.17) is 20.8 Å². The molecule has 2 aromatic rings. The van der Waals surface area contributed by atoms with E-state index in [9.17, 15) is 14.4 Å². The second kappa shape index (κ2) is 8.16. The third-order valence-electron chi connectivity index (χ3n) is 2.94. The van der Waals surface area contributed by atoms with Gasteiger partial charge in [-0.2, -0.15) is 0 Å². The Balaban J connectivity index is 1.82. The van der Waals surface area contributed by atoms with Crippen molar-refractivity contribution in [2.45, 2.75) is 13.5 Å². The van der Waals surface area contributed by atoms with Crippen molar-refractivity contribution in [1.29, 1.82) is 0 Å². The Kier molecular flexibility index (Phi) is 5.97. The number of urea groups is 1. The fourth-order valence-corrected chi connectivity index (χ4v) is 2.01. The molecule has 0 saturated heterocycles. The Morgan fingerprint density at radius 3 is 2.71 bits per heavy atom. The predicted molar refractivity (Wildman–Crippen MR) is 86.0 cm³/mol. The van der Waals surface area contributed by atoms with Crippen molar-refractivity contribution >= 4 is 29.3 Å². The molecule has 0 unspecified atom stereocenters. The number of hydrogen-bond acceptors (Lipinski definition) is 5. The summed E-state index contributed by atoms with van der Waals surface area (Å²) >= 11 is 5.82. The van der Waals surface area contributed by atoms with Crippen LogP contribution in [-0.4, -0.2) is 24.3 Å². The average molecular weight is 351 g/mol. The molecule has 0 bridgehead atoms. The van der Waals surface area contributed by atoms with Gasteiger partial charge in [-0.15, -0.1) is 0 Å². The zero-order valence-corrected chi connectivity index (χ0v) is 13.6. The van der Waals surface area contributed by atoms with E-state index in [1.807, 2.05) is 0 Å². The Bertz CT molecular complexity index is 743. The van der Waals surface area contributed by atoms with E-state index in [2.05, 4.69) is 10.6 Å². The molecular formula is C16H15ClN2O5. The third-order valence-corrected chi connectivity index (χ3v) is 3.17. The summed E-state index contributed by atoms with van der Waals surface area (Å²) < 4.78 is 10.3. The second-order valence-corrected chi connectivity index (χ2v) is 5.23. The van der Waals surface area contributed by atoms with Gasteiger partial charge < -0.3 is 14.5 Å². The van der Waals surface area contributed by atoms with Crippen LogP contribution < -0.4 is 15.4 Å². The van der Waals surface area contributed by atoms with Crippen LogP contribution in [0.4, 0.5) is 4.79 Å². The number of ether oxygens (including phenoxy) is 1. The number of amides is 3. The van der Waals surface area contributed by atoms with Crippen molar-refractivity contribution in [1.82, 2.24) is 10.6 Å². The summed E-state index contributed by atoms with van der Waals surface area (Å²) in [5.41, 5.74) is 0.262. The first-order chi connectivity index (χ1) is 11.5. The van der Waals surface area contributed by atoms with Crippen molar-refractivity contribution in [2.24, 2.45) is 0 Å². The van der Waals surface area contributed by atoms with Crippen molar-refractivity contribution in [2.75, 3.05) is 6.61 Å². The summed E-state index contributed by atoms with van der Waals surface area (Å²) in [6.07, 6.45) is 1.48. The highest BCUT2D eigenvalue weighted by Crippen LogP contribution is 2.23. The summed E-state index contributed by atoms with van der Waals surface area (Å²) in [7, 11) is 0. The highest BCUT2D eigenvalue weighted by molar-refractivity contribution is 6.31. The number of carbonyl (C=O) groups excluding carboxylic acids is 3. The summed E-state index contributed by atoms with van der Waals surface area (Å²) in [5.74, 6) is -0.125. The molecule has 2 rings (SSSR count). The van der Waals surface area contributed by atoms with E-state index in [0.29, 0.717) is 10.8 Å². The fraction of sp³-hybridized carbons (Fsp3) is 0.188. The van der Waals surface area contributed by atoms with E-state index in [0.717, 1.165) is 0 Å². The first-order valence-corrected chi connectivity index (χ1v) is 7.37. The fourth-order valence-electron chi connectivity index (χ4n) is 1.83. The number of halogens is 1. The summed E-state index contributed by atoms with van der Waals surface area (Å²) in [6.45, 7) is 1.09. The predicted octanol–water partition coefficient (Wildman–Crippen LogP) is 2.54. The lowest BCUT2D eigenvalue weighted by atomic mass is 10.1. The first-order valence-electron chi connectivity index (χ1n) is 6.99. The SMILES string of the molecule is CC(=O)c1cc(Cl)ccc1OCC(=O)NC(=O)NCc1ccco1. The zero-order valence-electron chi connectivity index (χ0n) is 12.8. The number of rotatable bonds is 6. The van der Waals surface area contributed by atoms with Gasteiger partial charge in [-0.3, -0.25) is 14.9 Å². The molecule has 1 aromatic carbocycles. The monoisotopic (exact) mass is 350 g/mol. The van der Waals surface area contributed by atoms with Gasteiger partial charge in [0.2, 0.25) is 0 Å². The summed E-state index contributed by atoms with van der Waals surface area (Å²) in [6, 6.07) is 7.18. The molecule has 0 fully saturated rings. The molecule has 24 heavy (non-hydrogen) atoms. The van der Waals surface area contributed by atoms with Crippen molar-refractivity contribution in [3.63, 3.8) is 0 Å². The van der Waals surface area contributed by atoms with E-state index >= 15 is 0 Å². The Morgan fingerprint density at radius 2 is 2.04 bits per heavy atom. The zero-order chi connectivity index (χ0) is 17.5. The van der Waals surface area contributed by atoms with Crippen LogP contribution in [0.3, 0.4) is 0 Å². The Morgan fingerprint density at radius 1 is 1.25 bits per heavy atom. The highest BCUT2D eigenvalue weighted by Gasteiger charge is 2.13. The molecule has 1 aromatic heterocycles. The van der Waals surface area contributed by atoms with Crippen molar-refractivity contribution < 1.29 is 23.5 Å². The maximum absolute atomic E-state index is 11.7. The van der Waals surface area contributed by atoms with Crippen LogP contribution in [0.25, 0.3) is 0 Å². The quantitative estimate of drug-likeness (QED) is 0.780. The molecular weight excluding hydrogens is 336 g/mol. The number of benzene rings is 1. The normalized spacial score (nSPS) is 10.1. The van der Waals surface area contributed by atoms with Gasteiger partial charge in [-0.25, -0.2) is 4.79 Å². The van der Waals surface area contributed by atoms with Crippen LogP contribution >= 0.6 is 11.6 Å². The van der Waals surface area contributed by atoms with Crippen LogP contribution in [0.15, 0.2) is 41.0 Å². The number of nitrogens with one attached hydrogen (secondary N) is 2. The van der Waals surface area contributed by atoms with Gasteiger partial charge in [-0.05, 0) is 37.3 Å². The lowest BCUT2D eigenvalue weighted by molar-refractivity contribution is -0.122. The van der Waals surface area contributed by atoms with Gasteiger partial charge in [0.05, 0.1) is 18.4 Å². The molecule has 0 atom stereocenters. The van der Waals surface area contributed by atoms with E-state index in [1.165, 1.54) is 31.4 Å². The highest BCUT2D eigenvalue weighted by atomic mass is 35.5. The Labute approximate surface area is 142 Å². The van der Waals surface area contributed by atoms with Gasteiger partial charge in [-0.1, -0.05) is 11.6 Å². The van der Waals surface area contributed by atoms with Crippen LogP contribution in [0.5, 0.6) is 5.75 Å². The molecule has 0 aliphatic carbocycles. The van der Waals surface area contributed by atoms with Crippen LogP contribution in [0.2, 0.25) is 5.02 Å². The molecule has 8 heteroatoms. The minimum absolute atomic E-state index is 0.151. The molecule has 2 N–H and O–H groups in total.